The van der Waals surface area contributed by atoms with E-state index in [0.717, 1.165) is 50.9 Å². The van der Waals surface area contributed by atoms with Crippen molar-refractivity contribution in [2.24, 2.45) is 0 Å². The van der Waals surface area contributed by atoms with Crippen LogP contribution in [0, 0.1) is 5.82 Å². The first-order valence-corrected chi connectivity index (χ1v) is 8.74. The zero-order chi connectivity index (χ0) is 17.0. The number of nitrogens with zero attached hydrogens (tertiary/aromatic N) is 2. The highest BCUT2D eigenvalue weighted by atomic mass is 19.1. The molecular weight excluding hydrogens is 309 g/mol. The van der Waals surface area contributed by atoms with E-state index in [9.17, 15) is 14.0 Å². The summed E-state index contributed by atoms with van der Waals surface area (Å²) in [7, 11) is 0. The average Bonchev–Trinajstić information content (AvgIpc) is 3.40. The van der Waals surface area contributed by atoms with Gasteiger partial charge in [-0.1, -0.05) is 0 Å². The molecule has 0 unspecified atom stereocenters. The van der Waals surface area contributed by atoms with E-state index in [4.69, 9.17) is 0 Å². The van der Waals surface area contributed by atoms with Crippen LogP contribution in [0.2, 0.25) is 0 Å². The fourth-order valence-corrected chi connectivity index (χ4v) is 3.39. The Hall–Kier alpha value is -1.95. The summed E-state index contributed by atoms with van der Waals surface area (Å²) in [5.41, 5.74) is 1.06. The first-order chi connectivity index (χ1) is 11.6. The Morgan fingerprint density at radius 2 is 1.92 bits per heavy atom. The normalized spacial score (nSPS) is 19.8. The van der Waals surface area contributed by atoms with Gasteiger partial charge < -0.3 is 15.0 Å². The average molecular weight is 334 g/mol. The number of rotatable bonds is 6. The Kier molecular flexibility index (Phi) is 5.14. The number of hydrogen-bond acceptors (Lipinski definition) is 2. The van der Waals surface area contributed by atoms with Crippen molar-refractivity contribution in [3.63, 3.8) is 0 Å². The van der Waals surface area contributed by atoms with Crippen molar-refractivity contribution in [1.82, 2.24) is 14.7 Å². The highest BCUT2D eigenvalue weighted by Crippen LogP contribution is 2.27. The number of benzene rings is 1. The summed E-state index contributed by atoms with van der Waals surface area (Å²) in [5, 5.41) is 3.03. The molecule has 3 rings (SSSR count). The van der Waals surface area contributed by atoms with Crippen LogP contribution in [0.5, 0.6) is 0 Å². The molecule has 1 saturated heterocycles. The summed E-state index contributed by atoms with van der Waals surface area (Å²) in [4.78, 5) is 24.8. The van der Waals surface area contributed by atoms with Crippen LogP contribution in [-0.4, -0.2) is 56.0 Å². The van der Waals surface area contributed by atoms with Crippen LogP contribution in [0.3, 0.4) is 0 Å². The van der Waals surface area contributed by atoms with Crippen LogP contribution in [-0.2, 0) is 4.79 Å². The first-order valence-electron chi connectivity index (χ1n) is 8.74. The third-order valence-corrected chi connectivity index (χ3v) is 5.07. The van der Waals surface area contributed by atoms with E-state index in [2.05, 4.69) is 5.32 Å². The van der Waals surface area contributed by atoms with Crippen molar-refractivity contribution in [2.45, 2.75) is 31.7 Å². The van der Waals surface area contributed by atoms with Crippen LogP contribution in [0.1, 0.15) is 25.7 Å². The number of nitrogens with one attached hydrogen (secondary N) is 1. The fraction of sp³-hybridized carbons (Fsp3) is 0.556. The third kappa shape index (κ3) is 3.93. The summed E-state index contributed by atoms with van der Waals surface area (Å²) in [6.45, 7) is 3.78. The van der Waals surface area contributed by atoms with E-state index in [0.29, 0.717) is 30.0 Å². The molecule has 1 aromatic rings. The van der Waals surface area contributed by atoms with E-state index >= 15 is 0 Å². The van der Waals surface area contributed by atoms with E-state index in [1.54, 1.807) is 0 Å². The molecule has 2 fully saturated rings. The molecule has 1 heterocycles. The maximum atomic E-state index is 13.3. The standard InChI is InChI=1S/C18H24FN3O2/c19-15-3-7-17(8-4-15)22(11-1-2-14-23)12-9-21(10-13-22)18(24)20-16-5-6-16/h3-4,7-8,14,16H,1-2,5-6,9-13H2/p+1. The van der Waals surface area contributed by atoms with Gasteiger partial charge in [0.25, 0.3) is 0 Å². The second-order valence-corrected chi connectivity index (χ2v) is 6.81. The minimum Gasteiger partial charge on any atom is -0.335 e. The monoisotopic (exact) mass is 334 g/mol. The quantitative estimate of drug-likeness (QED) is 0.493. The molecule has 1 aliphatic heterocycles. The molecule has 0 bridgehead atoms. The van der Waals surface area contributed by atoms with Crippen LogP contribution < -0.4 is 9.80 Å². The molecule has 130 valence electrons. The molecule has 1 saturated carbocycles. The van der Waals surface area contributed by atoms with Crippen molar-refractivity contribution in [1.29, 1.82) is 0 Å². The predicted octanol–water partition coefficient (Wildman–Crippen LogP) is 2.30. The van der Waals surface area contributed by atoms with Gasteiger partial charge in [-0.2, -0.15) is 0 Å². The minimum atomic E-state index is -0.243. The number of quaternary nitrogens is 1. The van der Waals surface area contributed by atoms with Gasteiger partial charge in [-0.25, -0.2) is 9.18 Å². The molecular formula is C18H25FN3O2+. The molecule has 2 aliphatic rings. The van der Waals surface area contributed by atoms with Crippen LogP contribution in [0.4, 0.5) is 14.9 Å². The molecule has 1 N–H and O–H groups in total. The van der Waals surface area contributed by atoms with Crippen molar-refractivity contribution in [3.8, 4) is 0 Å². The SMILES string of the molecule is O=CCCC[N+]1(c2ccc(F)cc2)CCN(C(=O)NC2CC2)CC1. The fourth-order valence-electron chi connectivity index (χ4n) is 3.39. The van der Waals surface area contributed by atoms with Crippen LogP contribution in [0.15, 0.2) is 24.3 Å². The van der Waals surface area contributed by atoms with Gasteiger partial charge in [-0.3, -0.25) is 4.48 Å². The summed E-state index contributed by atoms with van der Waals surface area (Å²) in [6, 6.07) is 7.03. The summed E-state index contributed by atoms with van der Waals surface area (Å²) >= 11 is 0. The van der Waals surface area contributed by atoms with Gasteiger partial charge in [0.1, 0.15) is 30.9 Å². The maximum absolute atomic E-state index is 13.3. The highest BCUT2D eigenvalue weighted by molar-refractivity contribution is 5.75. The first kappa shape index (κ1) is 16.9. The second-order valence-electron chi connectivity index (χ2n) is 6.81. The van der Waals surface area contributed by atoms with E-state index in [1.807, 2.05) is 17.0 Å². The van der Waals surface area contributed by atoms with Gasteiger partial charge in [0.05, 0.1) is 19.6 Å². The molecule has 0 atom stereocenters. The van der Waals surface area contributed by atoms with Crippen LogP contribution >= 0.6 is 0 Å². The summed E-state index contributed by atoms with van der Waals surface area (Å²) in [6.07, 6.45) is 4.45. The minimum absolute atomic E-state index is 0.0299. The molecule has 1 aromatic carbocycles. The van der Waals surface area contributed by atoms with E-state index in [1.165, 1.54) is 12.1 Å². The second kappa shape index (κ2) is 7.30. The van der Waals surface area contributed by atoms with Crippen molar-refractivity contribution in [2.75, 3.05) is 32.7 Å². The summed E-state index contributed by atoms with van der Waals surface area (Å²) < 4.78 is 14.0. The van der Waals surface area contributed by atoms with Crippen molar-refractivity contribution < 1.29 is 14.0 Å². The largest absolute Gasteiger partial charge is 0.335 e. The smallest absolute Gasteiger partial charge is 0.318 e. The van der Waals surface area contributed by atoms with Gasteiger partial charge in [0.15, 0.2) is 0 Å². The lowest BCUT2D eigenvalue weighted by Gasteiger charge is -2.44. The molecule has 0 radical (unpaired) electrons. The van der Waals surface area contributed by atoms with E-state index < -0.39 is 0 Å². The number of amides is 2. The number of urea groups is 1. The number of aldehydes is 1. The molecule has 5 nitrogen and oxygen atoms in total. The zero-order valence-electron chi connectivity index (χ0n) is 13.9. The van der Waals surface area contributed by atoms with Gasteiger partial charge in [0, 0.05) is 31.0 Å². The van der Waals surface area contributed by atoms with E-state index in [-0.39, 0.29) is 11.8 Å². The number of unbranched alkanes of at least 4 members (excludes halogenated alkanes) is 1. The molecule has 0 spiro atoms. The third-order valence-electron chi connectivity index (χ3n) is 5.07. The number of halogens is 1. The number of hydrogen-bond donors (Lipinski definition) is 1. The maximum Gasteiger partial charge on any atom is 0.318 e. The highest BCUT2D eigenvalue weighted by Gasteiger charge is 2.37. The molecule has 24 heavy (non-hydrogen) atoms. The Morgan fingerprint density at radius 3 is 2.50 bits per heavy atom. The number of piperazine rings is 1. The lowest BCUT2D eigenvalue weighted by atomic mass is 10.1. The van der Waals surface area contributed by atoms with Gasteiger partial charge in [-0.05, 0) is 25.0 Å². The molecule has 1 aliphatic carbocycles. The topological polar surface area (TPSA) is 49.4 Å². The number of carbonyl (C=O) groups excluding carboxylic acids is 2. The predicted molar refractivity (Wildman–Crippen MR) is 91.2 cm³/mol. The zero-order valence-corrected chi connectivity index (χ0v) is 13.9. The van der Waals surface area contributed by atoms with Crippen molar-refractivity contribution >= 4 is 18.0 Å². The van der Waals surface area contributed by atoms with Gasteiger partial charge >= 0.3 is 6.03 Å². The Morgan fingerprint density at radius 1 is 1.25 bits per heavy atom. The lowest BCUT2D eigenvalue weighted by Crippen LogP contribution is -2.63. The Balaban J connectivity index is 1.68. The summed E-state index contributed by atoms with van der Waals surface area (Å²) in [5.74, 6) is -0.243. The number of carbonyl (C=O) groups is 2. The lowest BCUT2D eigenvalue weighted by molar-refractivity contribution is -0.108. The molecule has 6 heteroatoms. The molecule has 2 amide bonds. The van der Waals surface area contributed by atoms with Crippen LogP contribution in [0.25, 0.3) is 0 Å². The Bertz CT molecular complexity index is 578. The molecule has 0 aromatic heterocycles. The van der Waals surface area contributed by atoms with Crippen molar-refractivity contribution in [3.05, 3.63) is 30.1 Å². The Labute approximate surface area is 142 Å². The van der Waals surface area contributed by atoms with Gasteiger partial charge in [0.2, 0.25) is 0 Å². The van der Waals surface area contributed by atoms with Gasteiger partial charge in [-0.15, -0.1) is 0 Å².